The lowest BCUT2D eigenvalue weighted by Crippen LogP contribution is -3.00. The molecule has 3 rings (SSSR count). The van der Waals surface area contributed by atoms with Crippen LogP contribution < -0.4 is 33.3 Å². The molecule has 0 unspecified atom stereocenters. The Morgan fingerprint density at radius 1 is 1.17 bits per heavy atom. The summed E-state index contributed by atoms with van der Waals surface area (Å²) < 4.78 is 7.47. The number of benzene rings is 1. The lowest BCUT2D eigenvalue weighted by molar-refractivity contribution is -0.695. The average molecular weight is 452 g/mol. The Kier molecular flexibility index (Phi) is 6.74. The van der Waals surface area contributed by atoms with E-state index < -0.39 is 0 Å². The molecule has 0 atom stereocenters. The zero-order valence-electron chi connectivity index (χ0n) is 14.1. The number of rotatable bonds is 4. The van der Waals surface area contributed by atoms with E-state index in [1.807, 2.05) is 12.1 Å². The van der Waals surface area contributed by atoms with Gasteiger partial charge in [0, 0.05) is 30.7 Å². The van der Waals surface area contributed by atoms with Gasteiger partial charge in [0.25, 0.3) is 0 Å². The summed E-state index contributed by atoms with van der Waals surface area (Å²) >= 11 is 1.76. The van der Waals surface area contributed by atoms with Crippen LogP contribution in [0.3, 0.4) is 0 Å². The average Bonchev–Trinajstić information content (AvgIpc) is 2.96. The van der Waals surface area contributed by atoms with Crippen molar-refractivity contribution < 1.29 is 33.3 Å². The molecule has 0 N–H and O–H groups in total. The van der Waals surface area contributed by atoms with Crippen molar-refractivity contribution in [1.29, 1.82) is 0 Å². The molecule has 0 saturated carbocycles. The molecule has 1 aromatic carbocycles. The molecule has 0 bridgehead atoms. The number of ether oxygens (including phenoxy) is 1. The monoisotopic (exact) mass is 452 g/mol. The minimum Gasteiger partial charge on any atom is -1.00 e. The highest BCUT2D eigenvalue weighted by Gasteiger charge is 2.20. The van der Waals surface area contributed by atoms with Crippen LogP contribution in [0.25, 0.3) is 11.8 Å². The van der Waals surface area contributed by atoms with E-state index in [0.717, 1.165) is 12.3 Å². The van der Waals surface area contributed by atoms with E-state index in [2.05, 4.69) is 71.5 Å². The Labute approximate surface area is 165 Å². The third-order valence-corrected chi connectivity index (χ3v) is 4.93. The number of methoxy groups -OCH3 is 1. The van der Waals surface area contributed by atoms with Gasteiger partial charge in [-0.2, -0.15) is 4.57 Å². The molecule has 0 radical (unpaired) electrons. The standard InChI is InChI=1S/C19H21N2OS.HI/c1-4-21-12-6-5-7-16(21)13-19-20(2)18(14-23-19)15-8-10-17(22-3)11-9-15;/h5-14H,4H2,1-3H3;1H/q+1;/p-1. The highest BCUT2D eigenvalue weighted by Crippen LogP contribution is 2.39. The first-order valence-electron chi connectivity index (χ1n) is 7.68. The molecule has 1 aliphatic heterocycles. The molecule has 1 aromatic heterocycles. The van der Waals surface area contributed by atoms with Crippen molar-refractivity contribution in [1.82, 2.24) is 4.90 Å². The Balaban J connectivity index is 0.00000208. The van der Waals surface area contributed by atoms with Gasteiger partial charge in [-0.25, -0.2) is 0 Å². The summed E-state index contributed by atoms with van der Waals surface area (Å²) in [6, 6.07) is 14.5. The van der Waals surface area contributed by atoms with Gasteiger partial charge in [-0.3, -0.25) is 0 Å². The maximum absolute atomic E-state index is 5.23. The van der Waals surface area contributed by atoms with E-state index >= 15 is 0 Å². The second-order valence-electron chi connectivity index (χ2n) is 5.30. The normalized spacial score (nSPS) is 15.2. The number of halogens is 1. The van der Waals surface area contributed by atoms with Gasteiger partial charge in [-0.05, 0) is 42.8 Å². The van der Waals surface area contributed by atoms with Gasteiger partial charge >= 0.3 is 0 Å². The van der Waals surface area contributed by atoms with E-state index in [1.54, 1.807) is 18.9 Å². The van der Waals surface area contributed by atoms with Gasteiger partial charge in [-0.1, -0.05) is 11.8 Å². The Bertz CT molecular complexity index is 756. The highest BCUT2D eigenvalue weighted by molar-refractivity contribution is 8.06. The van der Waals surface area contributed by atoms with Crippen LogP contribution in [0.2, 0.25) is 0 Å². The first-order chi connectivity index (χ1) is 11.2. The third kappa shape index (κ3) is 3.95. The van der Waals surface area contributed by atoms with Gasteiger partial charge in [-0.15, -0.1) is 0 Å². The Hall–Kier alpha value is -1.47. The van der Waals surface area contributed by atoms with Gasteiger partial charge < -0.3 is 33.6 Å². The molecule has 1 aliphatic rings. The van der Waals surface area contributed by atoms with E-state index in [1.165, 1.54) is 22.0 Å². The summed E-state index contributed by atoms with van der Waals surface area (Å²) in [4.78, 5) is 2.24. The molecule has 5 heteroatoms. The van der Waals surface area contributed by atoms with Crippen LogP contribution in [-0.2, 0) is 6.54 Å². The van der Waals surface area contributed by atoms with Crippen LogP contribution in [-0.4, -0.2) is 19.1 Å². The number of nitrogens with zero attached hydrogens (tertiary/aromatic N) is 2. The lowest BCUT2D eigenvalue weighted by atomic mass is 10.1. The maximum Gasteiger partial charge on any atom is 0.207 e. The molecular weight excluding hydrogens is 431 g/mol. The fourth-order valence-electron chi connectivity index (χ4n) is 2.58. The van der Waals surface area contributed by atoms with Crippen molar-refractivity contribution in [3.8, 4) is 5.75 Å². The predicted molar refractivity (Wildman–Crippen MR) is 96.6 cm³/mol. The quantitative estimate of drug-likeness (QED) is 0.509. The second-order valence-corrected chi connectivity index (χ2v) is 6.19. The molecule has 0 fully saturated rings. The van der Waals surface area contributed by atoms with Crippen LogP contribution >= 0.6 is 11.8 Å². The molecule has 126 valence electrons. The first-order valence-corrected chi connectivity index (χ1v) is 8.56. The molecule has 0 saturated heterocycles. The van der Waals surface area contributed by atoms with Crippen molar-refractivity contribution in [2.24, 2.45) is 0 Å². The molecule has 24 heavy (non-hydrogen) atoms. The van der Waals surface area contributed by atoms with Crippen molar-refractivity contribution in [3.63, 3.8) is 0 Å². The minimum atomic E-state index is 0. The van der Waals surface area contributed by atoms with Crippen LogP contribution in [0.5, 0.6) is 5.75 Å². The van der Waals surface area contributed by atoms with Crippen molar-refractivity contribution in [2.75, 3.05) is 14.2 Å². The number of aryl methyl sites for hydroxylation is 1. The van der Waals surface area contributed by atoms with Crippen molar-refractivity contribution >= 4 is 23.5 Å². The number of thioether (sulfide) groups is 1. The molecule has 0 amide bonds. The number of aromatic nitrogens is 1. The summed E-state index contributed by atoms with van der Waals surface area (Å²) in [7, 11) is 3.80. The molecule has 2 heterocycles. The lowest BCUT2D eigenvalue weighted by Gasteiger charge is -2.17. The molecular formula is C19H21IN2OS. The second kappa shape index (κ2) is 8.58. The smallest absolute Gasteiger partial charge is 0.207 e. The summed E-state index contributed by atoms with van der Waals surface area (Å²) in [5.74, 6) is 0.881. The van der Waals surface area contributed by atoms with Crippen molar-refractivity contribution in [3.05, 3.63) is 70.4 Å². The summed E-state index contributed by atoms with van der Waals surface area (Å²) in [6.07, 6.45) is 4.35. The summed E-state index contributed by atoms with van der Waals surface area (Å²) in [6.45, 7) is 3.13. The number of hydrogen-bond acceptors (Lipinski definition) is 3. The SMILES string of the molecule is CC[n+]1ccccc1/C=C1\SC=C(c2ccc(OC)cc2)N1C.[I-]. The van der Waals surface area contributed by atoms with Gasteiger partial charge in [0.2, 0.25) is 5.69 Å². The Morgan fingerprint density at radius 3 is 2.58 bits per heavy atom. The Morgan fingerprint density at radius 2 is 1.92 bits per heavy atom. The first kappa shape index (κ1) is 18.9. The number of pyridine rings is 1. The largest absolute Gasteiger partial charge is 1.00 e. The summed E-state index contributed by atoms with van der Waals surface area (Å²) in [5, 5.41) is 3.43. The zero-order valence-corrected chi connectivity index (χ0v) is 17.0. The fourth-order valence-corrected chi connectivity index (χ4v) is 3.55. The number of hydrogen-bond donors (Lipinski definition) is 0. The van der Waals surface area contributed by atoms with E-state index in [0.29, 0.717) is 0 Å². The van der Waals surface area contributed by atoms with E-state index in [4.69, 9.17) is 4.74 Å². The van der Waals surface area contributed by atoms with E-state index in [9.17, 15) is 0 Å². The van der Waals surface area contributed by atoms with Gasteiger partial charge in [0.15, 0.2) is 6.20 Å². The molecule has 3 nitrogen and oxygen atoms in total. The molecule has 0 spiro atoms. The topological polar surface area (TPSA) is 16.4 Å². The predicted octanol–water partition coefficient (Wildman–Crippen LogP) is 0.982. The third-order valence-electron chi connectivity index (χ3n) is 3.96. The van der Waals surface area contributed by atoms with Crippen LogP contribution in [0.4, 0.5) is 0 Å². The van der Waals surface area contributed by atoms with Gasteiger partial charge in [0.1, 0.15) is 12.3 Å². The van der Waals surface area contributed by atoms with E-state index in [-0.39, 0.29) is 24.0 Å². The van der Waals surface area contributed by atoms with Gasteiger partial charge in [0.05, 0.1) is 17.8 Å². The molecule has 0 aliphatic carbocycles. The summed E-state index contributed by atoms with van der Waals surface area (Å²) in [5.41, 5.74) is 3.62. The van der Waals surface area contributed by atoms with Crippen LogP contribution in [0.15, 0.2) is 59.1 Å². The highest BCUT2D eigenvalue weighted by atomic mass is 127. The van der Waals surface area contributed by atoms with Crippen LogP contribution in [0, 0.1) is 0 Å². The van der Waals surface area contributed by atoms with Crippen LogP contribution in [0.1, 0.15) is 18.2 Å². The maximum atomic E-state index is 5.23. The zero-order chi connectivity index (χ0) is 16.2. The fraction of sp³-hybridized carbons (Fsp3) is 0.211. The molecule has 2 aromatic rings. The minimum absolute atomic E-state index is 0. The van der Waals surface area contributed by atoms with Crippen molar-refractivity contribution in [2.45, 2.75) is 13.5 Å².